The number of benzene rings is 3. The zero-order valence-electron chi connectivity index (χ0n) is 19.9. The number of aryl methyl sites for hydroxylation is 2. The molecule has 3 aromatic rings. The number of fused-ring (bicyclic) bond motifs is 6. The molecule has 35 heavy (non-hydrogen) atoms. The van der Waals surface area contributed by atoms with Gasteiger partial charge >= 0.3 is 5.97 Å². The summed E-state index contributed by atoms with van der Waals surface area (Å²) in [5, 5.41) is 2.73. The summed E-state index contributed by atoms with van der Waals surface area (Å²) in [7, 11) is 0. The fourth-order valence-corrected chi connectivity index (χ4v) is 4.38. The summed E-state index contributed by atoms with van der Waals surface area (Å²) in [6.07, 6.45) is -0.534. The molecule has 0 aromatic heterocycles. The number of carbonyl (C=O) groups excluding carboxylic acids is 2. The number of hydrogen-bond donors (Lipinski definition) is 1. The van der Waals surface area contributed by atoms with Gasteiger partial charge in [0, 0.05) is 11.1 Å². The monoisotopic (exact) mass is 479 g/mol. The van der Waals surface area contributed by atoms with Gasteiger partial charge in [-0.2, -0.15) is 0 Å². The van der Waals surface area contributed by atoms with Crippen molar-refractivity contribution < 1.29 is 27.8 Å². The highest BCUT2D eigenvalue weighted by Gasteiger charge is 2.26. The maximum Gasteiger partial charge on any atom is 0.308 e. The Kier molecular flexibility index (Phi) is 7.15. The fourth-order valence-electron chi connectivity index (χ4n) is 4.38. The predicted molar refractivity (Wildman–Crippen MR) is 128 cm³/mol. The first kappa shape index (κ1) is 24.4. The average Bonchev–Trinajstić information content (AvgIpc) is 2.80. The number of ether oxygens (including phenoxy) is 2. The van der Waals surface area contributed by atoms with E-state index in [0.29, 0.717) is 22.4 Å². The molecule has 0 saturated heterocycles. The van der Waals surface area contributed by atoms with Crippen molar-refractivity contribution in [2.45, 2.75) is 46.3 Å². The Morgan fingerprint density at radius 2 is 1.91 bits per heavy atom. The van der Waals surface area contributed by atoms with Crippen LogP contribution < -0.4 is 10.1 Å². The molecule has 1 heterocycles. The average molecular weight is 480 g/mol. The van der Waals surface area contributed by atoms with E-state index in [1.54, 1.807) is 38.1 Å². The van der Waals surface area contributed by atoms with Crippen molar-refractivity contribution in [3.63, 3.8) is 0 Å². The van der Waals surface area contributed by atoms with Crippen LogP contribution in [0.3, 0.4) is 0 Å². The molecular weight excluding hydrogens is 452 g/mol. The van der Waals surface area contributed by atoms with E-state index >= 15 is 4.39 Å². The third-order valence-electron chi connectivity index (χ3n) is 6.05. The highest BCUT2D eigenvalue weighted by molar-refractivity contribution is 5.81. The molecule has 4 bridgehead atoms. The second kappa shape index (κ2) is 10.3. The minimum Gasteiger partial charge on any atom is -0.488 e. The number of nitrogens with one attached hydrogen (secondary N) is 1. The van der Waals surface area contributed by atoms with Crippen LogP contribution in [0.25, 0.3) is 11.1 Å². The molecule has 4 rings (SSSR count). The molecule has 7 heteroatoms. The summed E-state index contributed by atoms with van der Waals surface area (Å²) in [4.78, 5) is 25.3. The second-order valence-corrected chi connectivity index (χ2v) is 8.66. The van der Waals surface area contributed by atoms with E-state index in [9.17, 15) is 14.0 Å². The first-order chi connectivity index (χ1) is 16.8. The number of rotatable bonds is 3. The molecule has 1 aliphatic heterocycles. The van der Waals surface area contributed by atoms with Crippen LogP contribution in [0.5, 0.6) is 5.75 Å². The summed E-state index contributed by atoms with van der Waals surface area (Å²) in [5.41, 5.74) is 3.80. The van der Waals surface area contributed by atoms with E-state index in [2.05, 4.69) is 5.32 Å². The Balaban J connectivity index is 1.91. The molecule has 182 valence electrons. The van der Waals surface area contributed by atoms with E-state index in [1.807, 2.05) is 25.1 Å². The van der Waals surface area contributed by atoms with E-state index < -0.39 is 29.6 Å². The lowest BCUT2D eigenvalue weighted by Crippen LogP contribution is -2.32. The fraction of sp³-hybridized carbons (Fsp3) is 0.286. The third-order valence-corrected chi connectivity index (χ3v) is 6.05. The van der Waals surface area contributed by atoms with Crippen molar-refractivity contribution in [3.8, 4) is 16.9 Å². The van der Waals surface area contributed by atoms with Gasteiger partial charge in [-0.1, -0.05) is 18.2 Å². The summed E-state index contributed by atoms with van der Waals surface area (Å²) >= 11 is 0. The maximum absolute atomic E-state index is 15.4. The van der Waals surface area contributed by atoms with Gasteiger partial charge in [-0.25, -0.2) is 8.78 Å². The van der Waals surface area contributed by atoms with Gasteiger partial charge in [0.25, 0.3) is 0 Å². The van der Waals surface area contributed by atoms with Crippen LogP contribution in [-0.2, 0) is 27.4 Å². The predicted octanol–water partition coefficient (Wildman–Crippen LogP) is 5.49. The number of halogens is 2. The lowest BCUT2D eigenvalue weighted by Gasteiger charge is -2.23. The first-order valence-corrected chi connectivity index (χ1v) is 11.5. The normalized spacial score (nSPS) is 15.3. The molecule has 0 spiro atoms. The van der Waals surface area contributed by atoms with Crippen LogP contribution in [0.15, 0.2) is 48.5 Å². The highest BCUT2D eigenvalue weighted by Crippen LogP contribution is 2.37. The van der Waals surface area contributed by atoms with Crippen molar-refractivity contribution in [2.75, 3.05) is 6.61 Å². The molecule has 0 radical (unpaired) electrons. The largest absolute Gasteiger partial charge is 0.488 e. The summed E-state index contributed by atoms with van der Waals surface area (Å²) in [5.74, 6) is -1.57. The molecule has 0 aliphatic carbocycles. The van der Waals surface area contributed by atoms with Crippen LogP contribution in [0.4, 0.5) is 8.78 Å². The molecule has 5 nitrogen and oxygen atoms in total. The summed E-state index contributed by atoms with van der Waals surface area (Å²) in [6.45, 7) is 5.56. The third kappa shape index (κ3) is 5.34. The standard InChI is InChI=1S/C28H27F2NO4/c1-4-34-26(33)14-23-21-12-20(10-17(3)28(21)30)27-16(2)6-5-7-24(27)35-15-18-8-9-22(29)19(11-18)13-25(32)31-23/h5-12,23H,4,13-15H2,1-3H3,(H,31,32)/t23-/m0/s1. The van der Waals surface area contributed by atoms with Gasteiger partial charge in [-0.05, 0) is 78.9 Å². The highest BCUT2D eigenvalue weighted by atomic mass is 19.1. The van der Waals surface area contributed by atoms with Gasteiger partial charge in [0.1, 0.15) is 24.0 Å². The van der Waals surface area contributed by atoms with Crippen LogP contribution in [0.2, 0.25) is 0 Å². The van der Waals surface area contributed by atoms with Crippen molar-refractivity contribution in [2.24, 2.45) is 0 Å². The number of carbonyl (C=O) groups is 2. The van der Waals surface area contributed by atoms with E-state index in [1.165, 1.54) is 6.07 Å². The Hall–Kier alpha value is -3.74. The summed E-state index contributed by atoms with van der Waals surface area (Å²) < 4.78 is 41.1. The molecule has 0 fully saturated rings. The maximum atomic E-state index is 15.4. The molecule has 0 saturated carbocycles. The molecule has 1 aliphatic rings. The van der Waals surface area contributed by atoms with E-state index in [-0.39, 0.29) is 37.2 Å². The van der Waals surface area contributed by atoms with E-state index in [4.69, 9.17) is 9.47 Å². The zero-order valence-corrected chi connectivity index (χ0v) is 19.9. The van der Waals surface area contributed by atoms with Gasteiger partial charge in [-0.3, -0.25) is 9.59 Å². The van der Waals surface area contributed by atoms with Crippen LogP contribution in [0.1, 0.15) is 47.2 Å². The lowest BCUT2D eigenvalue weighted by molar-refractivity contribution is -0.143. The molecule has 1 N–H and O–H groups in total. The Morgan fingerprint density at radius 1 is 1.11 bits per heavy atom. The lowest BCUT2D eigenvalue weighted by atomic mass is 9.92. The van der Waals surface area contributed by atoms with Crippen LogP contribution in [0, 0.1) is 25.5 Å². The van der Waals surface area contributed by atoms with Crippen molar-refractivity contribution in [1.82, 2.24) is 5.32 Å². The van der Waals surface area contributed by atoms with Gasteiger partial charge in [0.05, 0.1) is 25.5 Å². The molecule has 1 amide bonds. The van der Waals surface area contributed by atoms with Gasteiger partial charge in [0.2, 0.25) is 5.91 Å². The molecule has 0 unspecified atom stereocenters. The van der Waals surface area contributed by atoms with Crippen molar-refractivity contribution >= 4 is 11.9 Å². The molecule has 1 atom stereocenters. The minimum atomic E-state index is -0.997. The second-order valence-electron chi connectivity index (χ2n) is 8.66. The minimum absolute atomic E-state index is 0.155. The number of esters is 1. The zero-order chi connectivity index (χ0) is 25.1. The van der Waals surface area contributed by atoms with Gasteiger partial charge in [-0.15, -0.1) is 0 Å². The number of amides is 1. The Labute approximate surface area is 203 Å². The van der Waals surface area contributed by atoms with Gasteiger partial charge in [0.15, 0.2) is 0 Å². The van der Waals surface area contributed by atoms with Crippen molar-refractivity contribution in [3.05, 3.63) is 88.0 Å². The summed E-state index contributed by atoms with van der Waals surface area (Å²) in [6, 6.07) is 12.5. The van der Waals surface area contributed by atoms with Crippen molar-refractivity contribution in [1.29, 1.82) is 0 Å². The molecule has 3 aromatic carbocycles. The van der Waals surface area contributed by atoms with Gasteiger partial charge < -0.3 is 14.8 Å². The van der Waals surface area contributed by atoms with Crippen LogP contribution in [-0.4, -0.2) is 18.5 Å². The SMILES string of the molecule is CCOC(=O)C[C@@H]1NC(=O)Cc2cc(ccc2F)COc2cccc(C)c2-c2cc(C)c(F)c1c2. The van der Waals surface area contributed by atoms with Crippen LogP contribution >= 0.6 is 0 Å². The van der Waals surface area contributed by atoms with E-state index in [0.717, 1.165) is 11.1 Å². The Morgan fingerprint density at radius 3 is 2.69 bits per heavy atom. The smallest absolute Gasteiger partial charge is 0.308 e. The topological polar surface area (TPSA) is 64.6 Å². The quantitative estimate of drug-likeness (QED) is 0.505. The number of hydrogen-bond acceptors (Lipinski definition) is 4. The Bertz CT molecular complexity index is 1290. The first-order valence-electron chi connectivity index (χ1n) is 11.5. The molecular formula is C28H27F2NO4.